The van der Waals surface area contributed by atoms with Crippen LogP contribution in [-0.2, 0) is 0 Å². The summed E-state index contributed by atoms with van der Waals surface area (Å²) in [6.45, 7) is 0. The van der Waals surface area contributed by atoms with Gasteiger partial charge in [0, 0.05) is 0 Å². The van der Waals surface area contributed by atoms with Gasteiger partial charge in [-0.3, -0.25) is 0 Å². The van der Waals surface area contributed by atoms with Crippen molar-refractivity contribution in [3.63, 3.8) is 0 Å². The van der Waals surface area contributed by atoms with Gasteiger partial charge in [0.1, 0.15) is 16.7 Å². The van der Waals surface area contributed by atoms with Crippen LogP contribution in [0, 0.1) is 11.6 Å². The molecule has 1 aromatic carbocycles. The van der Waals surface area contributed by atoms with E-state index in [1.165, 1.54) is 0 Å². The maximum atomic E-state index is 13.4. The van der Waals surface area contributed by atoms with Crippen molar-refractivity contribution < 1.29 is 8.78 Å². The average Bonchev–Trinajstić information content (AvgIpc) is 2.28. The van der Waals surface area contributed by atoms with Gasteiger partial charge in [-0.25, -0.2) is 13.8 Å². The van der Waals surface area contributed by atoms with Crippen LogP contribution in [0.1, 0.15) is 0 Å². The van der Waals surface area contributed by atoms with Crippen LogP contribution in [0.15, 0.2) is 28.1 Å². The lowest BCUT2D eigenvalue weighted by Crippen LogP contribution is -1.92. The molecule has 0 atom stereocenters. The van der Waals surface area contributed by atoms with Gasteiger partial charge in [0.25, 0.3) is 0 Å². The molecule has 1 aromatic heterocycles. The molecule has 0 aliphatic rings. The van der Waals surface area contributed by atoms with Crippen molar-refractivity contribution in [3.8, 4) is 0 Å². The van der Waals surface area contributed by atoms with Gasteiger partial charge >= 0.3 is 0 Å². The third-order valence-corrected chi connectivity index (χ3v) is 3.23. The van der Waals surface area contributed by atoms with Crippen LogP contribution in [0.4, 0.5) is 8.78 Å². The van der Waals surface area contributed by atoms with Crippen LogP contribution in [0.25, 0.3) is 0 Å². The molecule has 8 heteroatoms. The quantitative estimate of drug-likeness (QED) is 0.848. The molecular formula is C9H3Cl2F2N3S. The smallest absolute Gasteiger partial charge is 0.207 e. The van der Waals surface area contributed by atoms with E-state index < -0.39 is 11.6 Å². The molecule has 2 rings (SSSR count). The second-order valence-electron chi connectivity index (χ2n) is 2.85. The van der Waals surface area contributed by atoms with Crippen molar-refractivity contribution >= 4 is 35.0 Å². The average molecular weight is 294 g/mol. The Morgan fingerprint density at radius 3 is 2.65 bits per heavy atom. The predicted octanol–water partition coefficient (Wildman–Crippen LogP) is 3.61. The fourth-order valence-electron chi connectivity index (χ4n) is 1.00. The van der Waals surface area contributed by atoms with Gasteiger partial charge in [0.2, 0.25) is 5.28 Å². The van der Waals surface area contributed by atoms with Gasteiger partial charge in [0.05, 0.1) is 4.90 Å². The van der Waals surface area contributed by atoms with E-state index in [0.29, 0.717) is 0 Å². The first kappa shape index (κ1) is 12.5. The molecule has 0 N–H and O–H groups in total. The van der Waals surface area contributed by atoms with Crippen molar-refractivity contribution in [3.05, 3.63) is 40.3 Å². The Kier molecular flexibility index (Phi) is 3.76. The van der Waals surface area contributed by atoms with E-state index >= 15 is 0 Å². The van der Waals surface area contributed by atoms with E-state index in [1.807, 2.05) is 0 Å². The summed E-state index contributed by atoms with van der Waals surface area (Å²) < 4.78 is 26.3. The van der Waals surface area contributed by atoms with Gasteiger partial charge in [0.15, 0.2) is 5.15 Å². The lowest BCUT2D eigenvalue weighted by atomic mass is 10.3. The zero-order chi connectivity index (χ0) is 12.4. The Morgan fingerprint density at radius 2 is 1.88 bits per heavy atom. The Hall–Kier alpha value is -0.980. The van der Waals surface area contributed by atoms with Crippen molar-refractivity contribution in [1.82, 2.24) is 15.2 Å². The molecule has 0 aliphatic carbocycles. The largest absolute Gasteiger partial charge is 0.244 e. The van der Waals surface area contributed by atoms with E-state index in [2.05, 4.69) is 15.2 Å². The molecule has 88 valence electrons. The van der Waals surface area contributed by atoms with Crippen LogP contribution >= 0.6 is 35.0 Å². The first-order chi connectivity index (χ1) is 8.06. The number of benzene rings is 1. The highest BCUT2D eigenvalue weighted by Crippen LogP contribution is 2.32. The third-order valence-electron chi connectivity index (χ3n) is 1.69. The Balaban J connectivity index is 2.37. The van der Waals surface area contributed by atoms with Crippen molar-refractivity contribution in [1.29, 1.82) is 0 Å². The Bertz CT molecular complexity index is 518. The van der Waals surface area contributed by atoms with Gasteiger partial charge in [-0.05, 0) is 29.8 Å². The molecule has 17 heavy (non-hydrogen) atoms. The second-order valence-corrected chi connectivity index (χ2v) is 4.58. The van der Waals surface area contributed by atoms with E-state index in [-0.39, 0.29) is 20.4 Å². The molecule has 0 unspecified atom stereocenters. The highest BCUT2D eigenvalue weighted by molar-refractivity contribution is 7.99. The second kappa shape index (κ2) is 5.12. The summed E-state index contributed by atoms with van der Waals surface area (Å²) in [4.78, 5) is 3.82. The van der Waals surface area contributed by atoms with E-state index in [0.717, 1.165) is 30.0 Å². The van der Waals surface area contributed by atoms with Gasteiger partial charge in [-0.1, -0.05) is 23.4 Å². The van der Waals surface area contributed by atoms with Crippen LogP contribution in [0.5, 0.6) is 0 Å². The first-order valence-electron chi connectivity index (χ1n) is 4.25. The molecule has 0 spiro atoms. The van der Waals surface area contributed by atoms with E-state index in [1.54, 1.807) is 0 Å². The summed E-state index contributed by atoms with van der Waals surface area (Å²) in [5.41, 5.74) is 0. The Labute approximate surface area is 109 Å². The summed E-state index contributed by atoms with van der Waals surface area (Å²) in [6.07, 6.45) is 0. The highest BCUT2D eigenvalue weighted by Gasteiger charge is 2.12. The molecular weight excluding hydrogens is 291 g/mol. The van der Waals surface area contributed by atoms with Crippen molar-refractivity contribution in [2.24, 2.45) is 0 Å². The minimum Gasteiger partial charge on any atom is -0.207 e. The summed E-state index contributed by atoms with van der Waals surface area (Å²) in [5.74, 6) is -1.14. The lowest BCUT2D eigenvalue weighted by Gasteiger charge is -2.03. The first-order valence-corrected chi connectivity index (χ1v) is 5.82. The Morgan fingerprint density at radius 1 is 1.12 bits per heavy atom. The van der Waals surface area contributed by atoms with Crippen LogP contribution in [-0.4, -0.2) is 15.2 Å². The van der Waals surface area contributed by atoms with Gasteiger partial charge in [-0.2, -0.15) is 0 Å². The number of nitrogens with zero attached hydrogens (tertiary/aromatic N) is 3. The summed E-state index contributed by atoms with van der Waals surface area (Å²) in [6, 6.07) is 3.07. The zero-order valence-electron chi connectivity index (χ0n) is 7.99. The summed E-state index contributed by atoms with van der Waals surface area (Å²) in [7, 11) is 0. The van der Waals surface area contributed by atoms with E-state index in [4.69, 9.17) is 23.2 Å². The third kappa shape index (κ3) is 3.02. The fraction of sp³-hybridized carbons (Fsp3) is 0. The minimum atomic E-state index is -0.581. The SMILES string of the molecule is Fc1ccc(F)c(Sc2nc(Cl)nnc2Cl)c1. The number of hydrogen-bond acceptors (Lipinski definition) is 4. The standard InChI is InChI=1S/C9H3Cl2F2N3S/c10-7-8(14-9(11)16-15-7)17-6-3-4(12)1-2-5(6)13/h1-3H. The number of aromatic nitrogens is 3. The highest BCUT2D eigenvalue weighted by atomic mass is 35.5. The van der Waals surface area contributed by atoms with Gasteiger partial charge < -0.3 is 0 Å². The summed E-state index contributed by atoms with van der Waals surface area (Å²) in [5, 5.41) is 6.94. The monoisotopic (exact) mass is 293 g/mol. The normalized spacial score (nSPS) is 10.6. The predicted molar refractivity (Wildman–Crippen MR) is 60.3 cm³/mol. The molecule has 0 radical (unpaired) electrons. The zero-order valence-corrected chi connectivity index (χ0v) is 10.3. The molecule has 3 nitrogen and oxygen atoms in total. The van der Waals surface area contributed by atoms with E-state index in [9.17, 15) is 8.78 Å². The van der Waals surface area contributed by atoms with Crippen molar-refractivity contribution in [2.75, 3.05) is 0 Å². The topological polar surface area (TPSA) is 38.7 Å². The molecule has 0 fully saturated rings. The maximum absolute atomic E-state index is 13.4. The molecule has 0 saturated carbocycles. The lowest BCUT2D eigenvalue weighted by molar-refractivity contribution is 0.577. The molecule has 0 saturated heterocycles. The molecule has 2 aromatic rings. The number of rotatable bonds is 2. The van der Waals surface area contributed by atoms with Crippen LogP contribution in [0.2, 0.25) is 10.4 Å². The number of hydrogen-bond donors (Lipinski definition) is 0. The maximum Gasteiger partial charge on any atom is 0.244 e. The fourth-order valence-corrected chi connectivity index (χ4v) is 2.18. The summed E-state index contributed by atoms with van der Waals surface area (Å²) >= 11 is 12.1. The molecule has 0 amide bonds. The van der Waals surface area contributed by atoms with Crippen LogP contribution < -0.4 is 0 Å². The molecule has 0 aliphatic heterocycles. The van der Waals surface area contributed by atoms with Crippen molar-refractivity contribution in [2.45, 2.75) is 9.92 Å². The van der Waals surface area contributed by atoms with Gasteiger partial charge in [-0.15, -0.1) is 10.2 Å². The number of halogens is 4. The molecule has 1 heterocycles. The van der Waals surface area contributed by atoms with Crippen LogP contribution in [0.3, 0.4) is 0 Å². The minimum absolute atomic E-state index is 0.0249. The molecule has 0 bridgehead atoms.